The van der Waals surface area contributed by atoms with E-state index >= 15 is 0 Å². The molecule has 0 aliphatic rings. The van der Waals surface area contributed by atoms with Crippen LogP contribution in [-0.2, 0) is 0 Å². The first kappa shape index (κ1) is 12.3. The first-order valence-corrected chi connectivity index (χ1v) is 5.21. The number of hydrogen-bond donors (Lipinski definition) is 0. The summed E-state index contributed by atoms with van der Waals surface area (Å²) in [6, 6.07) is 0.141. The van der Waals surface area contributed by atoms with Crippen molar-refractivity contribution in [2.75, 3.05) is 11.9 Å². The highest BCUT2D eigenvalue weighted by molar-refractivity contribution is 9.09. The molecule has 0 amide bonds. The van der Waals surface area contributed by atoms with Crippen LogP contribution in [0.15, 0.2) is 6.07 Å². The fourth-order valence-corrected chi connectivity index (χ4v) is 1.14. The van der Waals surface area contributed by atoms with Crippen LogP contribution in [-0.4, -0.2) is 11.9 Å². The summed E-state index contributed by atoms with van der Waals surface area (Å²) in [6.07, 6.45) is 0.469. The van der Waals surface area contributed by atoms with Gasteiger partial charge in [-0.25, -0.2) is 8.78 Å². The predicted octanol–water partition coefficient (Wildman–Crippen LogP) is 3.41. The summed E-state index contributed by atoms with van der Waals surface area (Å²) in [5, 5.41) is 0.564. The first-order chi connectivity index (χ1) is 7.07. The molecular weight excluding hydrogens is 280 g/mol. The zero-order valence-electron chi connectivity index (χ0n) is 7.50. The predicted molar refractivity (Wildman–Crippen MR) is 50.2 cm³/mol. The van der Waals surface area contributed by atoms with E-state index in [1.807, 2.05) is 0 Å². The maximum absolute atomic E-state index is 13.0. The quantitative estimate of drug-likeness (QED) is 0.357. The van der Waals surface area contributed by atoms with Crippen molar-refractivity contribution in [2.24, 2.45) is 0 Å². The minimum atomic E-state index is -1.51. The van der Waals surface area contributed by atoms with Gasteiger partial charge >= 0.3 is 0 Å². The smallest absolute Gasteiger partial charge is 0.203 e. The number of rotatable bonds is 4. The van der Waals surface area contributed by atoms with Crippen molar-refractivity contribution in [1.29, 1.82) is 0 Å². The summed E-state index contributed by atoms with van der Waals surface area (Å²) >= 11 is 3.07. The number of benzene rings is 1. The van der Waals surface area contributed by atoms with Crippen LogP contribution in [0, 0.1) is 23.3 Å². The standard InChI is InChI=1S/C9H7BrF4O/c10-2-1-3-15-9-7(13)5(11)4-6(12)8(9)14/h4H,1-3H2. The topological polar surface area (TPSA) is 9.23 Å². The van der Waals surface area contributed by atoms with Gasteiger partial charge < -0.3 is 4.74 Å². The molecule has 0 aliphatic heterocycles. The van der Waals surface area contributed by atoms with E-state index in [1.165, 1.54) is 0 Å². The third-order valence-electron chi connectivity index (χ3n) is 1.60. The van der Waals surface area contributed by atoms with Crippen molar-refractivity contribution < 1.29 is 22.3 Å². The van der Waals surface area contributed by atoms with Crippen LogP contribution in [0.4, 0.5) is 17.6 Å². The molecule has 0 spiro atoms. The summed E-state index contributed by atoms with van der Waals surface area (Å²) in [7, 11) is 0. The number of halogens is 5. The summed E-state index contributed by atoms with van der Waals surface area (Å²) in [6.45, 7) is -0.0258. The molecule has 1 aromatic carbocycles. The molecule has 0 bridgehead atoms. The molecule has 0 radical (unpaired) electrons. The molecule has 1 nitrogen and oxygen atoms in total. The molecule has 15 heavy (non-hydrogen) atoms. The molecule has 0 aliphatic carbocycles. The van der Waals surface area contributed by atoms with Gasteiger partial charge in [-0.1, -0.05) is 15.9 Å². The van der Waals surface area contributed by atoms with E-state index in [0.717, 1.165) is 0 Å². The summed E-state index contributed by atoms with van der Waals surface area (Å²) in [5.74, 6) is -6.97. The van der Waals surface area contributed by atoms with Gasteiger partial charge in [-0.05, 0) is 6.42 Å². The van der Waals surface area contributed by atoms with E-state index in [-0.39, 0.29) is 12.7 Å². The van der Waals surface area contributed by atoms with Gasteiger partial charge in [0.1, 0.15) is 0 Å². The zero-order chi connectivity index (χ0) is 11.4. The molecule has 0 N–H and O–H groups in total. The van der Waals surface area contributed by atoms with Gasteiger partial charge in [-0.3, -0.25) is 0 Å². The fraction of sp³-hybridized carbons (Fsp3) is 0.333. The molecule has 0 aromatic heterocycles. The Bertz CT molecular complexity index is 330. The van der Waals surface area contributed by atoms with Crippen molar-refractivity contribution in [3.8, 4) is 5.75 Å². The van der Waals surface area contributed by atoms with Crippen LogP contribution >= 0.6 is 15.9 Å². The Morgan fingerprint density at radius 2 is 1.60 bits per heavy atom. The van der Waals surface area contributed by atoms with E-state index in [4.69, 9.17) is 0 Å². The maximum atomic E-state index is 13.0. The average Bonchev–Trinajstić information content (AvgIpc) is 2.20. The lowest BCUT2D eigenvalue weighted by Crippen LogP contribution is -2.05. The Morgan fingerprint density at radius 1 is 1.07 bits per heavy atom. The maximum Gasteiger partial charge on any atom is 0.203 e. The lowest BCUT2D eigenvalue weighted by atomic mass is 10.3. The van der Waals surface area contributed by atoms with Crippen LogP contribution < -0.4 is 4.74 Å². The van der Waals surface area contributed by atoms with Crippen molar-refractivity contribution in [2.45, 2.75) is 6.42 Å². The average molecular weight is 287 g/mol. The van der Waals surface area contributed by atoms with Gasteiger partial charge in [0, 0.05) is 11.4 Å². The second-order valence-corrected chi connectivity index (χ2v) is 3.48. The Labute approximate surface area is 92.2 Å². The molecular formula is C9H7BrF4O. The molecule has 0 unspecified atom stereocenters. The summed E-state index contributed by atoms with van der Waals surface area (Å²) in [4.78, 5) is 0. The number of alkyl halides is 1. The van der Waals surface area contributed by atoms with E-state index in [9.17, 15) is 17.6 Å². The highest BCUT2D eigenvalue weighted by Crippen LogP contribution is 2.26. The van der Waals surface area contributed by atoms with E-state index in [0.29, 0.717) is 11.8 Å². The molecule has 1 aromatic rings. The lowest BCUT2D eigenvalue weighted by Gasteiger charge is -2.08. The van der Waals surface area contributed by atoms with Crippen LogP contribution in [0.25, 0.3) is 0 Å². The highest BCUT2D eigenvalue weighted by Gasteiger charge is 2.20. The second-order valence-electron chi connectivity index (χ2n) is 2.69. The van der Waals surface area contributed by atoms with Gasteiger partial charge in [-0.2, -0.15) is 8.78 Å². The van der Waals surface area contributed by atoms with Crippen molar-refractivity contribution in [1.82, 2.24) is 0 Å². The van der Waals surface area contributed by atoms with Gasteiger partial charge in [0.25, 0.3) is 0 Å². The molecule has 1 rings (SSSR count). The normalized spacial score (nSPS) is 10.5. The molecule has 0 heterocycles. The fourth-order valence-electron chi connectivity index (χ4n) is 0.907. The van der Waals surface area contributed by atoms with Crippen LogP contribution in [0.5, 0.6) is 5.75 Å². The first-order valence-electron chi connectivity index (χ1n) is 4.09. The zero-order valence-corrected chi connectivity index (χ0v) is 9.08. The van der Waals surface area contributed by atoms with E-state index in [1.54, 1.807) is 0 Å². The van der Waals surface area contributed by atoms with Gasteiger partial charge in [0.05, 0.1) is 6.61 Å². The van der Waals surface area contributed by atoms with Crippen LogP contribution in [0.1, 0.15) is 6.42 Å². The van der Waals surface area contributed by atoms with Crippen molar-refractivity contribution in [3.63, 3.8) is 0 Å². The number of hydrogen-bond acceptors (Lipinski definition) is 1. The molecule has 6 heteroatoms. The Kier molecular flexibility index (Phi) is 4.38. The van der Waals surface area contributed by atoms with Crippen molar-refractivity contribution >= 4 is 15.9 Å². The van der Waals surface area contributed by atoms with Crippen molar-refractivity contribution in [3.05, 3.63) is 29.3 Å². The molecule has 84 valence electrons. The Balaban J connectivity index is 2.94. The largest absolute Gasteiger partial charge is 0.487 e. The monoisotopic (exact) mass is 286 g/mol. The van der Waals surface area contributed by atoms with Crippen LogP contribution in [0.2, 0.25) is 0 Å². The molecule has 0 atom stereocenters. The highest BCUT2D eigenvalue weighted by atomic mass is 79.9. The van der Waals surface area contributed by atoms with Crippen LogP contribution in [0.3, 0.4) is 0 Å². The van der Waals surface area contributed by atoms with Gasteiger partial charge in [0.15, 0.2) is 17.4 Å². The van der Waals surface area contributed by atoms with E-state index < -0.39 is 29.0 Å². The van der Waals surface area contributed by atoms with E-state index in [2.05, 4.69) is 20.7 Å². The molecule has 0 saturated carbocycles. The number of ether oxygens (including phenoxy) is 1. The molecule has 0 fully saturated rings. The lowest BCUT2D eigenvalue weighted by molar-refractivity contribution is 0.272. The minimum Gasteiger partial charge on any atom is -0.487 e. The Hall–Kier alpha value is -0.780. The third-order valence-corrected chi connectivity index (χ3v) is 2.16. The van der Waals surface area contributed by atoms with Gasteiger partial charge in [-0.15, -0.1) is 0 Å². The summed E-state index contributed by atoms with van der Waals surface area (Å²) in [5.41, 5.74) is 0. The van der Waals surface area contributed by atoms with Gasteiger partial charge in [0.2, 0.25) is 11.6 Å². The summed E-state index contributed by atoms with van der Waals surface area (Å²) < 4.78 is 55.8. The second kappa shape index (κ2) is 5.34. The molecule has 0 saturated heterocycles. The minimum absolute atomic E-state index is 0.0258. The Morgan fingerprint density at radius 3 is 2.07 bits per heavy atom. The third kappa shape index (κ3) is 2.84. The SMILES string of the molecule is Fc1cc(F)c(F)c(OCCCBr)c1F.